The molecule has 0 aliphatic rings. The molecule has 6 heteroatoms. The van der Waals surface area contributed by atoms with E-state index in [4.69, 9.17) is 4.74 Å². The minimum atomic E-state index is -0.596. The van der Waals surface area contributed by atoms with Crippen molar-refractivity contribution < 1.29 is 14.3 Å². The Labute approximate surface area is 173 Å². The lowest BCUT2D eigenvalue weighted by molar-refractivity contribution is 0.103. The summed E-state index contributed by atoms with van der Waals surface area (Å²) in [6.45, 7) is 3.72. The number of methoxy groups -OCH3 is 1. The van der Waals surface area contributed by atoms with Crippen LogP contribution in [0.25, 0.3) is 22.0 Å². The van der Waals surface area contributed by atoms with Crippen molar-refractivity contribution in [3.8, 4) is 11.1 Å². The maximum absolute atomic E-state index is 13.3. The normalized spacial score (nSPS) is 10.8. The predicted molar refractivity (Wildman–Crippen MR) is 117 cm³/mol. The highest BCUT2D eigenvalue weighted by atomic mass is 16.5. The molecule has 6 nitrogen and oxygen atoms in total. The number of H-pyrrole nitrogens is 1. The number of nitrogens with zero attached hydrogens (tertiary/aromatic N) is 1. The number of fused-ring (bicyclic) bond motifs is 1. The highest BCUT2D eigenvalue weighted by molar-refractivity contribution is 6.11. The predicted octanol–water partition coefficient (Wildman–Crippen LogP) is 5.26. The molecule has 4 rings (SSSR count). The highest BCUT2D eigenvalue weighted by Gasteiger charge is 2.16. The Kier molecular flexibility index (Phi) is 5.06. The molecule has 4 aromatic rings. The molecule has 30 heavy (non-hydrogen) atoms. The number of anilines is 1. The fourth-order valence-corrected chi connectivity index (χ4v) is 3.62. The number of ketones is 1. The molecule has 0 atom stereocenters. The monoisotopic (exact) mass is 399 g/mol. The van der Waals surface area contributed by atoms with Crippen molar-refractivity contribution in [2.24, 2.45) is 0 Å². The molecule has 2 aromatic carbocycles. The molecule has 0 unspecified atom stereocenters. The van der Waals surface area contributed by atoms with Crippen LogP contribution in [0.5, 0.6) is 0 Å². The van der Waals surface area contributed by atoms with Crippen LogP contribution in [-0.4, -0.2) is 29.0 Å². The summed E-state index contributed by atoms with van der Waals surface area (Å²) in [5, 5.41) is 3.71. The van der Waals surface area contributed by atoms with Gasteiger partial charge in [-0.05, 0) is 67.4 Å². The third kappa shape index (κ3) is 3.80. The van der Waals surface area contributed by atoms with Crippen molar-refractivity contribution in [3.05, 3.63) is 83.3 Å². The van der Waals surface area contributed by atoms with Gasteiger partial charge in [-0.25, -0.2) is 4.79 Å². The molecule has 0 radical (unpaired) electrons. The Bertz CT molecular complexity index is 1250. The number of carbonyl (C=O) groups excluding carboxylic acids is 2. The fourth-order valence-electron chi connectivity index (χ4n) is 3.62. The van der Waals surface area contributed by atoms with Crippen molar-refractivity contribution in [1.82, 2.24) is 9.97 Å². The molecule has 0 aliphatic carbocycles. The number of aromatic amines is 1. The minimum absolute atomic E-state index is 0.139. The molecule has 0 aliphatic heterocycles. The summed E-state index contributed by atoms with van der Waals surface area (Å²) >= 11 is 0. The maximum Gasteiger partial charge on any atom is 0.411 e. The molecular weight excluding hydrogens is 378 g/mol. The van der Waals surface area contributed by atoms with Crippen LogP contribution in [0, 0.1) is 13.8 Å². The number of rotatable bonds is 4. The second-order valence-electron chi connectivity index (χ2n) is 7.13. The Morgan fingerprint density at radius 2 is 1.70 bits per heavy atom. The number of carbonyl (C=O) groups is 2. The van der Waals surface area contributed by atoms with Crippen molar-refractivity contribution in [3.63, 3.8) is 0 Å². The van der Waals surface area contributed by atoms with E-state index < -0.39 is 6.09 Å². The SMILES string of the molecule is COC(=O)Nc1cc(C(=O)c2cc(C)nc(C)c2)cc(-c2cccc3[nH]ccc23)c1. The van der Waals surface area contributed by atoms with E-state index in [1.807, 2.05) is 56.4 Å². The van der Waals surface area contributed by atoms with Gasteiger partial charge in [0.1, 0.15) is 0 Å². The number of nitrogens with one attached hydrogen (secondary N) is 2. The molecule has 0 fully saturated rings. The first-order valence-corrected chi connectivity index (χ1v) is 9.51. The van der Waals surface area contributed by atoms with Gasteiger partial charge < -0.3 is 9.72 Å². The second-order valence-corrected chi connectivity index (χ2v) is 7.13. The molecular formula is C24H21N3O3. The Balaban J connectivity index is 1.87. The van der Waals surface area contributed by atoms with E-state index in [0.717, 1.165) is 33.4 Å². The summed E-state index contributed by atoms with van der Waals surface area (Å²) in [4.78, 5) is 32.6. The first kappa shape index (κ1) is 19.4. The number of hydrogen-bond acceptors (Lipinski definition) is 4. The van der Waals surface area contributed by atoms with Crippen molar-refractivity contribution in [2.45, 2.75) is 13.8 Å². The quantitative estimate of drug-likeness (QED) is 0.459. The molecule has 0 saturated heterocycles. The van der Waals surface area contributed by atoms with Crippen LogP contribution < -0.4 is 5.32 Å². The standard InChI is InChI=1S/C24H21N3O3/c1-14-9-17(10-15(2)26-14)23(28)18-11-16(12-19(13-18)27-24(29)30-3)20-5-4-6-22-21(20)7-8-25-22/h4-13,25H,1-3H3,(H,27,29). The first-order valence-electron chi connectivity index (χ1n) is 9.51. The van der Waals surface area contributed by atoms with Gasteiger partial charge in [-0.15, -0.1) is 0 Å². The molecule has 2 aromatic heterocycles. The highest BCUT2D eigenvalue weighted by Crippen LogP contribution is 2.32. The van der Waals surface area contributed by atoms with Gasteiger partial charge in [0, 0.05) is 45.3 Å². The topological polar surface area (TPSA) is 84.1 Å². The lowest BCUT2D eigenvalue weighted by atomic mass is 9.95. The number of amides is 1. The van der Waals surface area contributed by atoms with Crippen molar-refractivity contribution in [1.29, 1.82) is 0 Å². The van der Waals surface area contributed by atoms with Gasteiger partial charge in [0.2, 0.25) is 0 Å². The van der Waals surface area contributed by atoms with Gasteiger partial charge in [-0.1, -0.05) is 12.1 Å². The van der Waals surface area contributed by atoms with E-state index in [0.29, 0.717) is 16.8 Å². The molecule has 2 heterocycles. The zero-order chi connectivity index (χ0) is 21.3. The molecule has 0 spiro atoms. The largest absolute Gasteiger partial charge is 0.453 e. The third-order valence-electron chi connectivity index (χ3n) is 4.88. The van der Waals surface area contributed by atoms with Crippen LogP contribution in [0.3, 0.4) is 0 Å². The number of pyridine rings is 1. The van der Waals surface area contributed by atoms with Crippen molar-refractivity contribution in [2.75, 3.05) is 12.4 Å². The van der Waals surface area contributed by atoms with E-state index in [-0.39, 0.29) is 5.78 Å². The summed E-state index contributed by atoms with van der Waals surface area (Å²) in [6.07, 6.45) is 1.28. The maximum atomic E-state index is 13.3. The van der Waals surface area contributed by atoms with Crippen LogP contribution in [0.4, 0.5) is 10.5 Å². The van der Waals surface area contributed by atoms with Crippen LogP contribution in [-0.2, 0) is 4.74 Å². The van der Waals surface area contributed by atoms with E-state index >= 15 is 0 Å². The van der Waals surface area contributed by atoms with Gasteiger partial charge in [0.15, 0.2) is 5.78 Å². The second kappa shape index (κ2) is 7.83. The Hall–Kier alpha value is -3.93. The van der Waals surface area contributed by atoms with E-state index in [1.165, 1.54) is 7.11 Å². The van der Waals surface area contributed by atoms with Crippen LogP contribution in [0.2, 0.25) is 0 Å². The number of hydrogen-bond donors (Lipinski definition) is 2. The molecule has 0 saturated carbocycles. The third-order valence-corrected chi connectivity index (χ3v) is 4.88. The van der Waals surface area contributed by atoms with Gasteiger partial charge in [0.05, 0.1) is 7.11 Å². The van der Waals surface area contributed by atoms with E-state index in [9.17, 15) is 9.59 Å². The van der Waals surface area contributed by atoms with Gasteiger partial charge >= 0.3 is 6.09 Å². The minimum Gasteiger partial charge on any atom is -0.453 e. The van der Waals surface area contributed by atoms with Crippen molar-refractivity contribution >= 4 is 28.5 Å². The Morgan fingerprint density at radius 3 is 2.43 bits per heavy atom. The zero-order valence-electron chi connectivity index (χ0n) is 16.9. The smallest absolute Gasteiger partial charge is 0.411 e. The summed E-state index contributed by atoms with van der Waals surface area (Å²) in [6, 6.07) is 16.8. The molecule has 150 valence electrons. The summed E-state index contributed by atoms with van der Waals surface area (Å²) in [7, 11) is 1.30. The fraction of sp³-hybridized carbons (Fsp3) is 0.125. The summed E-state index contributed by atoms with van der Waals surface area (Å²) < 4.78 is 4.73. The lowest BCUT2D eigenvalue weighted by Gasteiger charge is -2.12. The number of benzene rings is 2. The van der Waals surface area contributed by atoms with Crippen LogP contribution >= 0.6 is 0 Å². The number of aromatic nitrogens is 2. The molecule has 0 bridgehead atoms. The summed E-state index contributed by atoms with van der Waals surface area (Å²) in [5.74, 6) is -0.139. The van der Waals surface area contributed by atoms with Gasteiger partial charge in [-0.3, -0.25) is 15.1 Å². The van der Waals surface area contributed by atoms with Crippen LogP contribution in [0.15, 0.2) is 60.8 Å². The lowest BCUT2D eigenvalue weighted by Crippen LogP contribution is -2.12. The summed E-state index contributed by atoms with van der Waals surface area (Å²) in [5.41, 5.74) is 5.83. The Morgan fingerprint density at radius 1 is 0.967 bits per heavy atom. The molecule has 2 N–H and O–H groups in total. The number of aryl methyl sites for hydroxylation is 2. The molecule has 1 amide bonds. The van der Waals surface area contributed by atoms with Gasteiger partial charge in [-0.2, -0.15) is 0 Å². The average molecular weight is 399 g/mol. The van der Waals surface area contributed by atoms with Gasteiger partial charge in [0.25, 0.3) is 0 Å². The van der Waals surface area contributed by atoms with E-state index in [2.05, 4.69) is 15.3 Å². The zero-order valence-corrected chi connectivity index (χ0v) is 16.9. The van der Waals surface area contributed by atoms with Crippen LogP contribution in [0.1, 0.15) is 27.3 Å². The first-order chi connectivity index (χ1) is 14.4. The number of ether oxygens (including phenoxy) is 1. The average Bonchev–Trinajstić information content (AvgIpc) is 3.21. The van der Waals surface area contributed by atoms with E-state index in [1.54, 1.807) is 18.2 Å².